The van der Waals surface area contributed by atoms with Gasteiger partial charge in [-0.1, -0.05) is 17.7 Å². The maximum Gasteiger partial charge on any atom is 0.233 e. The molecule has 0 aliphatic heterocycles. The summed E-state index contributed by atoms with van der Waals surface area (Å²) in [5, 5.41) is 2.72. The molecule has 1 N–H and O–H groups in total. The van der Waals surface area contributed by atoms with Gasteiger partial charge in [-0.05, 0) is 32.9 Å². The molecule has 4 nitrogen and oxygen atoms in total. The molecular formula is C14H20N2O2. The topological polar surface area (TPSA) is 49.4 Å². The Bertz CT molecular complexity index is 408. The van der Waals surface area contributed by atoms with Crippen molar-refractivity contribution in [3.05, 3.63) is 29.8 Å². The van der Waals surface area contributed by atoms with E-state index in [1.165, 1.54) is 0 Å². The Balaban J connectivity index is 2.51. The van der Waals surface area contributed by atoms with Gasteiger partial charge in [-0.3, -0.25) is 9.59 Å². The summed E-state index contributed by atoms with van der Waals surface area (Å²) in [6.07, 6.45) is -0.102. The lowest BCUT2D eigenvalue weighted by Crippen LogP contribution is -2.33. The number of amides is 2. The van der Waals surface area contributed by atoms with Crippen LogP contribution in [0.25, 0.3) is 0 Å². The Hall–Kier alpha value is -1.84. The number of hydrogen-bond acceptors (Lipinski definition) is 2. The zero-order valence-corrected chi connectivity index (χ0v) is 11.2. The van der Waals surface area contributed by atoms with E-state index in [1.54, 1.807) is 4.90 Å². The van der Waals surface area contributed by atoms with Gasteiger partial charge in [-0.25, -0.2) is 0 Å². The van der Waals surface area contributed by atoms with Gasteiger partial charge in [-0.2, -0.15) is 0 Å². The summed E-state index contributed by atoms with van der Waals surface area (Å²) in [6.45, 7) is 7.05. The predicted molar refractivity (Wildman–Crippen MR) is 72.4 cm³/mol. The second-order valence-corrected chi connectivity index (χ2v) is 4.16. The normalized spacial score (nSPS) is 9.94. The molecule has 1 rings (SSSR count). The fourth-order valence-electron chi connectivity index (χ4n) is 1.67. The average molecular weight is 248 g/mol. The molecule has 0 saturated carbocycles. The summed E-state index contributed by atoms with van der Waals surface area (Å²) in [6, 6.07) is 7.49. The van der Waals surface area contributed by atoms with E-state index < -0.39 is 0 Å². The maximum atomic E-state index is 11.7. The Morgan fingerprint density at radius 2 is 1.67 bits per heavy atom. The Morgan fingerprint density at radius 3 is 2.17 bits per heavy atom. The Morgan fingerprint density at radius 1 is 1.11 bits per heavy atom. The summed E-state index contributed by atoms with van der Waals surface area (Å²) in [5.41, 5.74) is 1.85. The molecule has 0 bridgehead atoms. The van der Waals surface area contributed by atoms with Crippen LogP contribution in [0.4, 0.5) is 5.69 Å². The van der Waals surface area contributed by atoms with Crippen LogP contribution in [-0.2, 0) is 9.59 Å². The molecular weight excluding hydrogens is 228 g/mol. The number of benzene rings is 1. The molecule has 0 atom stereocenters. The number of carbonyl (C=O) groups excluding carboxylic acids is 2. The van der Waals surface area contributed by atoms with Gasteiger partial charge in [0.1, 0.15) is 6.42 Å². The van der Waals surface area contributed by atoms with Gasteiger partial charge < -0.3 is 10.2 Å². The Kier molecular flexibility index (Phi) is 5.36. The van der Waals surface area contributed by atoms with Crippen LogP contribution in [0.3, 0.4) is 0 Å². The lowest BCUT2D eigenvalue weighted by Gasteiger charge is -2.18. The summed E-state index contributed by atoms with van der Waals surface area (Å²) < 4.78 is 0. The van der Waals surface area contributed by atoms with Crippen molar-refractivity contribution in [3.63, 3.8) is 0 Å². The fraction of sp³-hybridized carbons (Fsp3) is 0.429. The van der Waals surface area contributed by atoms with Crippen molar-refractivity contribution in [1.29, 1.82) is 0 Å². The number of rotatable bonds is 5. The van der Waals surface area contributed by atoms with Gasteiger partial charge in [0.05, 0.1) is 0 Å². The van der Waals surface area contributed by atoms with Crippen LogP contribution in [0.15, 0.2) is 24.3 Å². The number of anilines is 1. The number of aryl methyl sites for hydroxylation is 1. The molecule has 18 heavy (non-hydrogen) atoms. The second kappa shape index (κ2) is 6.79. The lowest BCUT2D eigenvalue weighted by atomic mass is 10.2. The molecule has 0 aliphatic rings. The number of hydrogen-bond donors (Lipinski definition) is 1. The zero-order valence-electron chi connectivity index (χ0n) is 11.2. The third-order valence-electron chi connectivity index (χ3n) is 2.76. The first kappa shape index (κ1) is 14.2. The first-order chi connectivity index (χ1) is 8.56. The summed E-state index contributed by atoms with van der Waals surface area (Å²) in [7, 11) is 0. The Labute approximate surface area is 108 Å². The van der Waals surface area contributed by atoms with Gasteiger partial charge in [0, 0.05) is 18.8 Å². The van der Waals surface area contributed by atoms with E-state index >= 15 is 0 Å². The maximum absolute atomic E-state index is 11.7. The van der Waals surface area contributed by atoms with E-state index in [0.29, 0.717) is 13.1 Å². The second-order valence-electron chi connectivity index (χ2n) is 4.16. The van der Waals surface area contributed by atoms with Crippen LogP contribution in [0.2, 0.25) is 0 Å². The van der Waals surface area contributed by atoms with E-state index in [2.05, 4.69) is 5.32 Å². The zero-order chi connectivity index (χ0) is 13.5. The molecule has 2 amide bonds. The first-order valence-electron chi connectivity index (χ1n) is 6.21. The SMILES string of the molecule is CCN(CC)C(=O)CC(=O)Nc1ccc(C)cc1. The fourth-order valence-corrected chi connectivity index (χ4v) is 1.67. The monoisotopic (exact) mass is 248 g/mol. The molecule has 98 valence electrons. The molecule has 0 saturated heterocycles. The van der Waals surface area contributed by atoms with Crippen molar-refractivity contribution in [3.8, 4) is 0 Å². The van der Waals surface area contributed by atoms with Gasteiger partial charge in [0.15, 0.2) is 0 Å². The van der Waals surface area contributed by atoms with Gasteiger partial charge in [0.2, 0.25) is 11.8 Å². The molecule has 0 spiro atoms. The van der Waals surface area contributed by atoms with Crippen LogP contribution in [-0.4, -0.2) is 29.8 Å². The van der Waals surface area contributed by atoms with Crippen molar-refractivity contribution in [1.82, 2.24) is 4.90 Å². The standard InChI is InChI=1S/C14H20N2O2/c1-4-16(5-2)14(18)10-13(17)15-12-8-6-11(3)7-9-12/h6-9H,4-5,10H2,1-3H3,(H,15,17). The van der Waals surface area contributed by atoms with E-state index in [1.807, 2.05) is 45.0 Å². The van der Waals surface area contributed by atoms with Crippen molar-refractivity contribution < 1.29 is 9.59 Å². The van der Waals surface area contributed by atoms with Crippen LogP contribution >= 0.6 is 0 Å². The molecule has 0 aliphatic carbocycles. The van der Waals surface area contributed by atoms with Gasteiger partial charge >= 0.3 is 0 Å². The minimum Gasteiger partial charge on any atom is -0.343 e. The summed E-state index contributed by atoms with van der Waals surface area (Å²) in [4.78, 5) is 25.1. The van der Waals surface area contributed by atoms with Crippen LogP contribution in [0, 0.1) is 6.92 Å². The molecule has 1 aromatic carbocycles. The summed E-state index contributed by atoms with van der Waals surface area (Å²) in [5.74, 6) is -0.402. The number of nitrogens with one attached hydrogen (secondary N) is 1. The highest BCUT2D eigenvalue weighted by Crippen LogP contribution is 2.09. The molecule has 4 heteroatoms. The van der Waals surface area contributed by atoms with E-state index in [-0.39, 0.29) is 18.2 Å². The van der Waals surface area contributed by atoms with Crippen molar-refractivity contribution in [2.24, 2.45) is 0 Å². The average Bonchev–Trinajstić information content (AvgIpc) is 2.33. The van der Waals surface area contributed by atoms with Crippen molar-refractivity contribution >= 4 is 17.5 Å². The molecule has 1 aromatic rings. The van der Waals surface area contributed by atoms with Gasteiger partial charge in [-0.15, -0.1) is 0 Å². The van der Waals surface area contributed by atoms with E-state index in [9.17, 15) is 9.59 Å². The quantitative estimate of drug-likeness (QED) is 0.812. The van der Waals surface area contributed by atoms with Crippen LogP contribution in [0.1, 0.15) is 25.8 Å². The van der Waals surface area contributed by atoms with Crippen LogP contribution < -0.4 is 5.32 Å². The third kappa shape index (κ3) is 4.20. The summed E-state index contributed by atoms with van der Waals surface area (Å²) >= 11 is 0. The van der Waals surface area contributed by atoms with E-state index in [4.69, 9.17) is 0 Å². The number of carbonyl (C=O) groups is 2. The van der Waals surface area contributed by atoms with Crippen molar-refractivity contribution in [2.45, 2.75) is 27.2 Å². The van der Waals surface area contributed by atoms with E-state index in [0.717, 1.165) is 11.3 Å². The highest BCUT2D eigenvalue weighted by atomic mass is 16.2. The third-order valence-corrected chi connectivity index (χ3v) is 2.76. The smallest absolute Gasteiger partial charge is 0.233 e. The van der Waals surface area contributed by atoms with Crippen molar-refractivity contribution in [2.75, 3.05) is 18.4 Å². The lowest BCUT2D eigenvalue weighted by molar-refractivity contribution is -0.134. The molecule has 0 unspecified atom stereocenters. The number of nitrogens with zero attached hydrogens (tertiary/aromatic N) is 1. The molecule has 0 fully saturated rings. The molecule has 0 heterocycles. The largest absolute Gasteiger partial charge is 0.343 e. The van der Waals surface area contributed by atoms with Crippen LogP contribution in [0.5, 0.6) is 0 Å². The predicted octanol–water partition coefficient (Wildman–Crippen LogP) is 2.19. The van der Waals surface area contributed by atoms with Gasteiger partial charge in [0.25, 0.3) is 0 Å². The first-order valence-corrected chi connectivity index (χ1v) is 6.21. The highest BCUT2D eigenvalue weighted by molar-refractivity contribution is 6.03. The molecule has 0 aromatic heterocycles. The minimum atomic E-state index is -0.268. The minimum absolute atomic E-state index is 0.102. The highest BCUT2D eigenvalue weighted by Gasteiger charge is 2.14. The molecule has 0 radical (unpaired) electrons.